The minimum Gasteiger partial charge on any atom is -0.394 e. The lowest BCUT2D eigenvalue weighted by Crippen LogP contribution is -2.60. The molecule has 0 bridgehead atoms. The van der Waals surface area contributed by atoms with Gasteiger partial charge in [-0.2, -0.15) is 0 Å². The second kappa shape index (κ2) is 18.1. The van der Waals surface area contributed by atoms with Crippen molar-refractivity contribution in [1.82, 2.24) is 36.1 Å². The van der Waals surface area contributed by atoms with Crippen molar-refractivity contribution in [2.75, 3.05) is 13.2 Å². The van der Waals surface area contributed by atoms with E-state index >= 15 is 0 Å². The first kappa shape index (κ1) is 39.8. The van der Waals surface area contributed by atoms with E-state index in [1.807, 2.05) is 0 Å². The Labute approximate surface area is 263 Å². The maximum atomic E-state index is 13.4. The van der Waals surface area contributed by atoms with E-state index in [-0.39, 0.29) is 18.8 Å². The number of carbonyl (C=O) groups is 7. The number of aliphatic hydroxyl groups excluding tert-OH is 1. The number of carbonyl (C=O) groups excluding carboxylic acids is 7. The number of primary amides is 1. The molecule has 0 unspecified atom stereocenters. The Hall–Kier alpha value is -4.23. The summed E-state index contributed by atoms with van der Waals surface area (Å²) in [6.45, 7) is 5.08. The molecule has 0 aromatic carbocycles. The van der Waals surface area contributed by atoms with Crippen LogP contribution in [0, 0.1) is 5.92 Å². The van der Waals surface area contributed by atoms with Gasteiger partial charge in [-0.05, 0) is 19.3 Å². The van der Waals surface area contributed by atoms with Gasteiger partial charge in [-0.25, -0.2) is 9.55 Å². The third-order valence-electron chi connectivity index (χ3n) is 6.23. The van der Waals surface area contributed by atoms with Crippen LogP contribution in [0.1, 0.15) is 46.7 Å². The Morgan fingerprint density at radius 3 is 1.93 bits per heavy atom. The van der Waals surface area contributed by atoms with E-state index < -0.39 is 92.6 Å². The van der Waals surface area contributed by atoms with Crippen molar-refractivity contribution >= 4 is 49.2 Å². The Bertz CT molecular complexity index is 1290. The number of aromatic nitrogens is 2. The molecular formula is C25H41N8O12P. The largest absolute Gasteiger partial charge is 0.469 e. The lowest BCUT2D eigenvalue weighted by molar-refractivity contribution is -0.146. The average Bonchev–Trinajstić information content (AvgIpc) is 3.43. The molecule has 1 aromatic heterocycles. The maximum absolute atomic E-state index is 13.4. The molecule has 0 spiro atoms. The first-order chi connectivity index (χ1) is 21.2. The van der Waals surface area contributed by atoms with Gasteiger partial charge in [0, 0.05) is 32.2 Å². The van der Waals surface area contributed by atoms with Crippen LogP contribution in [0.5, 0.6) is 0 Å². The third-order valence-corrected chi connectivity index (χ3v) is 6.83. The molecule has 10 N–H and O–H groups in total. The monoisotopic (exact) mass is 676 g/mol. The van der Waals surface area contributed by atoms with Crippen molar-refractivity contribution in [3.8, 4) is 0 Å². The van der Waals surface area contributed by atoms with Crippen LogP contribution in [0.15, 0.2) is 12.5 Å². The number of aliphatic hydroxyl groups is 1. The summed E-state index contributed by atoms with van der Waals surface area (Å²) in [5.41, 5.74) is 5.59. The number of aromatic amines is 1. The number of hydrogen-bond donors (Lipinski definition) is 9. The fourth-order valence-corrected chi connectivity index (χ4v) is 4.60. The van der Waals surface area contributed by atoms with Gasteiger partial charge in [-0.1, -0.05) is 13.8 Å². The summed E-state index contributed by atoms with van der Waals surface area (Å²) < 4.78 is 15.6. The highest BCUT2D eigenvalue weighted by Gasteiger charge is 2.35. The Kier molecular flexibility index (Phi) is 15.6. The molecule has 0 aliphatic rings. The fraction of sp³-hybridized carbons (Fsp3) is 0.600. The summed E-state index contributed by atoms with van der Waals surface area (Å²) in [5, 5.41) is 19.0. The molecule has 0 aliphatic heterocycles. The van der Waals surface area contributed by atoms with Crippen molar-refractivity contribution in [2.45, 2.75) is 77.7 Å². The number of nitrogens with one attached hydrogen (secondary N) is 5. The van der Waals surface area contributed by atoms with Crippen LogP contribution in [-0.2, 0) is 49.1 Å². The predicted octanol–water partition coefficient (Wildman–Crippen LogP) is -3.69. The van der Waals surface area contributed by atoms with Crippen LogP contribution < -0.4 is 27.0 Å². The number of amides is 7. The molecule has 1 aromatic rings. The van der Waals surface area contributed by atoms with E-state index in [1.54, 1.807) is 13.8 Å². The third kappa shape index (κ3) is 13.8. The zero-order valence-electron chi connectivity index (χ0n) is 25.9. The second-order valence-electron chi connectivity index (χ2n) is 10.6. The van der Waals surface area contributed by atoms with E-state index in [0.29, 0.717) is 10.6 Å². The van der Waals surface area contributed by atoms with E-state index in [0.717, 1.165) is 20.8 Å². The number of nitrogens with two attached hydrogens (primary N) is 1. The van der Waals surface area contributed by atoms with Gasteiger partial charge < -0.3 is 46.9 Å². The smallest absolute Gasteiger partial charge is 0.394 e. The molecule has 5 atom stereocenters. The van der Waals surface area contributed by atoms with Crippen molar-refractivity contribution < 1.29 is 57.5 Å². The van der Waals surface area contributed by atoms with Gasteiger partial charge in [-0.3, -0.25) is 43.0 Å². The number of imide groups is 1. The van der Waals surface area contributed by atoms with Crippen LogP contribution in [0.25, 0.3) is 0 Å². The molecule has 20 nitrogen and oxygen atoms in total. The van der Waals surface area contributed by atoms with Crippen LogP contribution in [0.4, 0.5) is 0 Å². The van der Waals surface area contributed by atoms with E-state index in [1.165, 1.54) is 12.5 Å². The molecule has 0 radical (unpaired) electrons. The summed E-state index contributed by atoms with van der Waals surface area (Å²) in [5.74, 6) is -6.59. The number of H-pyrrole nitrogens is 1. The van der Waals surface area contributed by atoms with Crippen molar-refractivity contribution in [3.05, 3.63) is 18.2 Å². The molecule has 0 saturated heterocycles. The lowest BCUT2D eigenvalue weighted by atomic mass is 10.0. The molecule has 7 amide bonds. The summed E-state index contributed by atoms with van der Waals surface area (Å²) in [4.78, 5) is 113. The highest BCUT2D eigenvalue weighted by molar-refractivity contribution is 7.46. The highest BCUT2D eigenvalue weighted by Crippen LogP contribution is 2.38. The summed E-state index contributed by atoms with van der Waals surface area (Å²) in [7, 11) is -5.09. The number of rotatable bonds is 18. The van der Waals surface area contributed by atoms with E-state index in [2.05, 4.69) is 35.8 Å². The van der Waals surface area contributed by atoms with Gasteiger partial charge in [0.25, 0.3) is 0 Å². The molecule has 21 heteroatoms. The predicted molar refractivity (Wildman–Crippen MR) is 156 cm³/mol. The van der Waals surface area contributed by atoms with Gasteiger partial charge in [0.2, 0.25) is 41.4 Å². The summed E-state index contributed by atoms with van der Waals surface area (Å²) >= 11 is 0. The van der Waals surface area contributed by atoms with Gasteiger partial charge in [-0.15, -0.1) is 0 Å². The zero-order chi connectivity index (χ0) is 35.4. The normalized spacial score (nSPS) is 14.6. The number of phosphoric ester groups is 1. The number of imidazole rings is 1. The zero-order valence-corrected chi connectivity index (χ0v) is 26.8. The molecule has 0 fully saturated rings. The average molecular weight is 677 g/mol. The molecule has 0 aliphatic carbocycles. The number of hydrogen-bond acceptors (Lipinski definition) is 11. The Morgan fingerprint density at radius 1 is 0.935 bits per heavy atom. The van der Waals surface area contributed by atoms with Gasteiger partial charge in [0.15, 0.2) is 0 Å². The minimum absolute atomic E-state index is 0.0845. The van der Waals surface area contributed by atoms with Gasteiger partial charge >= 0.3 is 7.82 Å². The molecule has 0 saturated carbocycles. The van der Waals surface area contributed by atoms with Crippen molar-refractivity contribution in [3.63, 3.8) is 0 Å². The van der Waals surface area contributed by atoms with Crippen LogP contribution in [-0.4, -0.2) is 115 Å². The lowest BCUT2D eigenvalue weighted by Gasteiger charge is -2.27. The first-order valence-corrected chi connectivity index (χ1v) is 15.4. The molecule has 1 heterocycles. The van der Waals surface area contributed by atoms with Gasteiger partial charge in [0.1, 0.15) is 30.7 Å². The topological polar surface area (TPSA) is 313 Å². The Morgan fingerprint density at radius 2 is 1.48 bits per heavy atom. The Balaban J connectivity index is 3.18. The van der Waals surface area contributed by atoms with E-state index in [4.69, 9.17) is 15.5 Å². The SMILES string of the molecule is CC(=O)N(CC(=O)N[C@@H](CC(C)C)C(=O)N[C@@H](Cc1cnc[nH]1)C(=O)N[C@@H](CO)C(=O)N[C@H](C(N)=O)[C@@H](C)OP(=O)(O)O)C(C)=O. The van der Waals surface area contributed by atoms with Crippen LogP contribution in [0.3, 0.4) is 0 Å². The number of nitrogens with zero attached hydrogens (tertiary/aromatic N) is 2. The summed E-state index contributed by atoms with van der Waals surface area (Å²) in [6, 6.07) is -6.19. The molecule has 1 rings (SSSR count). The van der Waals surface area contributed by atoms with Crippen LogP contribution >= 0.6 is 7.82 Å². The molecule has 258 valence electrons. The minimum atomic E-state index is -5.09. The van der Waals surface area contributed by atoms with Crippen LogP contribution in [0.2, 0.25) is 0 Å². The first-order valence-electron chi connectivity index (χ1n) is 13.9. The van der Waals surface area contributed by atoms with Crippen molar-refractivity contribution in [2.24, 2.45) is 11.7 Å². The van der Waals surface area contributed by atoms with Crippen molar-refractivity contribution in [1.29, 1.82) is 0 Å². The second-order valence-corrected chi connectivity index (χ2v) is 11.8. The highest BCUT2D eigenvalue weighted by atomic mass is 31.2. The van der Waals surface area contributed by atoms with E-state index in [9.17, 15) is 43.2 Å². The van der Waals surface area contributed by atoms with Gasteiger partial charge in [0.05, 0.1) is 19.0 Å². The fourth-order valence-electron chi connectivity index (χ4n) is 4.05. The number of phosphoric acid groups is 1. The maximum Gasteiger partial charge on any atom is 0.469 e. The standard InChI is InChI=1S/C25H41N8O12P/c1-12(2)6-17(29-20(37)9-33(14(4)35)15(5)36)23(39)30-18(7-16-8-27-11-28-16)24(40)31-19(10-34)25(41)32-21(22(26)38)13(3)45-46(42,43)44/h8,11-13,17-19,21,34H,6-7,9-10H2,1-5H3,(H2,26,38)(H,27,28)(H,29,37)(H,30,39)(H,31,40)(H,32,41)(H2,42,43,44)/t13-,17+,18+,19+,21+/m1/s1. The molecule has 46 heavy (non-hydrogen) atoms. The summed E-state index contributed by atoms with van der Waals surface area (Å²) in [6.07, 6.45) is 0.920. The quantitative estimate of drug-likeness (QED) is 0.0677. The molecular weight excluding hydrogens is 635 g/mol.